The highest BCUT2D eigenvalue weighted by Gasteiger charge is 2.37. The molecule has 1 aromatic carbocycles. The molecule has 0 saturated carbocycles. The van der Waals surface area contributed by atoms with E-state index in [-0.39, 0.29) is 5.04 Å². The third-order valence-corrected chi connectivity index (χ3v) is 8.86. The number of aromatic nitrogens is 1. The maximum atomic E-state index is 9.20. The highest BCUT2D eigenvalue weighted by atomic mass is 28.4. The van der Waals surface area contributed by atoms with E-state index in [4.69, 9.17) is 4.43 Å². The lowest BCUT2D eigenvalue weighted by atomic mass is 10.1. The van der Waals surface area contributed by atoms with Crippen LogP contribution in [0.3, 0.4) is 0 Å². The van der Waals surface area contributed by atoms with Gasteiger partial charge in [-0.2, -0.15) is 5.26 Å². The number of nitrogens with zero attached hydrogens (tertiary/aromatic N) is 2. The predicted octanol–water partition coefficient (Wildman–Crippen LogP) is 4.63. The van der Waals surface area contributed by atoms with Crippen molar-refractivity contribution >= 4 is 19.1 Å². The highest BCUT2D eigenvalue weighted by Crippen LogP contribution is 2.37. The van der Waals surface area contributed by atoms with E-state index >= 15 is 0 Å². The molecule has 0 N–H and O–H groups in total. The van der Waals surface area contributed by atoms with Gasteiger partial charge in [0.05, 0.1) is 23.9 Å². The summed E-state index contributed by atoms with van der Waals surface area (Å²) in [6, 6.07) is 9.87. The Balaban J connectivity index is 2.35. The van der Waals surface area contributed by atoms with Crippen molar-refractivity contribution < 1.29 is 4.43 Å². The van der Waals surface area contributed by atoms with Gasteiger partial charge in [-0.1, -0.05) is 32.9 Å². The summed E-state index contributed by atoms with van der Waals surface area (Å²) in [6.45, 7) is 11.6. The molecule has 0 amide bonds. The average molecular weight is 298 g/mol. The van der Waals surface area contributed by atoms with Gasteiger partial charge in [0.15, 0.2) is 8.32 Å². The molecule has 0 fully saturated rings. The van der Waals surface area contributed by atoms with Crippen molar-refractivity contribution in [3.63, 3.8) is 0 Å². The molecule has 1 heterocycles. The number of hydrogen-bond acceptors (Lipinski definition) is 3. The van der Waals surface area contributed by atoms with Crippen molar-refractivity contribution in [1.29, 1.82) is 5.26 Å². The molecule has 1 aromatic heterocycles. The van der Waals surface area contributed by atoms with Crippen LogP contribution >= 0.6 is 0 Å². The lowest BCUT2D eigenvalue weighted by Crippen LogP contribution is -2.40. The SMILES string of the molecule is CC(C)(C)[Si](C)(C)OCc1nccc2c(C#N)cccc12. The zero-order valence-corrected chi connectivity index (χ0v) is 14.4. The largest absolute Gasteiger partial charge is 0.411 e. The second-order valence-electron chi connectivity index (χ2n) is 6.82. The summed E-state index contributed by atoms with van der Waals surface area (Å²) in [5, 5.41) is 11.3. The minimum absolute atomic E-state index is 0.176. The molecule has 0 bridgehead atoms. The van der Waals surface area contributed by atoms with E-state index in [1.807, 2.05) is 24.3 Å². The first-order valence-corrected chi connectivity index (χ1v) is 10.1. The number of hydrogen-bond donors (Lipinski definition) is 0. The van der Waals surface area contributed by atoms with Crippen LogP contribution in [0, 0.1) is 11.3 Å². The van der Waals surface area contributed by atoms with Crippen LogP contribution in [0.5, 0.6) is 0 Å². The molecule has 0 spiro atoms. The maximum Gasteiger partial charge on any atom is 0.192 e. The van der Waals surface area contributed by atoms with Gasteiger partial charge in [-0.15, -0.1) is 0 Å². The second kappa shape index (κ2) is 5.59. The first kappa shape index (κ1) is 15.7. The van der Waals surface area contributed by atoms with Crippen molar-refractivity contribution in [1.82, 2.24) is 4.98 Å². The Labute approximate surface area is 127 Å². The molecule has 0 unspecified atom stereocenters. The fraction of sp³-hybridized carbons (Fsp3) is 0.412. The molecule has 0 aliphatic carbocycles. The van der Waals surface area contributed by atoms with Gasteiger partial charge in [0.2, 0.25) is 0 Å². The molecule has 2 aromatic rings. The Bertz CT molecular complexity index is 696. The molecule has 2 rings (SSSR count). The Morgan fingerprint density at radius 2 is 1.90 bits per heavy atom. The molecule has 0 radical (unpaired) electrons. The minimum Gasteiger partial charge on any atom is -0.411 e. The minimum atomic E-state index is -1.80. The van der Waals surface area contributed by atoms with Gasteiger partial charge in [-0.3, -0.25) is 4.98 Å². The van der Waals surface area contributed by atoms with Crippen LogP contribution in [-0.4, -0.2) is 13.3 Å². The fourth-order valence-corrected chi connectivity index (χ4v) is 2.88. The summed E-state index contributed by atoms with van der Waals surface area (Å²) in [6.07, 6.45) is 1.76. The van der Waals surface area contributed by atoms with Gasteiger partial charge in [-0.25, -0.2) is 0 Å². The van der Waals surface area contributed by atoms with E-state index in [9.17, 15) is 5.26 Å². The van der Waals surface area contributed by atoms with Crippen molar-refractivity contribution in [2.75, 3.05) is 0 Å². The van der Waals surface area contributed by atoms with E-state index in [1.54, 1.807) is 6.20 Å². The van der Waals surface area contributed by atoms with Gasteiger partial charge >= 0.3 is 0 Å². The van der Waals surface area contributed by atoms with E-state index < -0.39 is 8.32 Å². The standard InChI is InChI=1S/C17H22N2OSi/c1-17(2,3)21(4,5)20-12-16-15-8-6-7-13(11-18)14(15)9-10-19-16/h6-10H,12H2,1-5H3. The molecular weight excluding hydrogens is 276 g/mol. The van der Waals surface area contributed by atoms with E-state index in [1.165, 1.54) is 0 Å². The van der Waals surface area contributed by atoms with Crippen LogP contribution in [-0.2, 0) is 11.0 Å². The van der Waals surface area contributed by atoms with Gasteiger partial charge in [0, 0.05) is 17.0 Å². The van der Waals surface area contributed by atoms with Crippen molar-refractivity contribution in [2.24, 2.45) is 0 Å². The van der Waals surface area contributed by atoms with Crippen molar-refractivity contribution in [2.45, 2.75) is 45.5 Å². The van der Waals surface area contributed by atoms with Crippen LogP contribution < -0.4 is 0 Å². The molecule has 3 nitrogen and oxygen atoms in total. The van der Waals surface area contributed by atoms with E-state index in [0.29, 0.717) is 12.2 Å². The summed E-state index contributed by atoms with van der Waals surface area (Å²) in [5.41, 5.74) is 1.60. The third kappa shape index (κ3) is 3.15. The second-order valence-corrected chi connectivity index (χ2v) is 11.6. The van der Waals surface area contributed by atoms with E-state index in [0.717, 1.165) is 16.5 Å². The Hall–Kier alpha value is -1.70. The smallest absolute Gasteiger partial charge is 0.192 e. The van der Waals surface area contributed by atoms with Crippen LogP contribution in [0.1, 0.15) is 32.0 Å². The summed E-state index contributed by atoms with van der Waals surface area (Å²) in [7, 11) is -1.80. The third-order valence-electron chi connectivity index (χ3n) is 4.38. The predicted molar refractivity (Wildman–Crippen MR) is 88.4 cm³/mol. The summed E-state index contributed by atoms with van der Waals surface area (Å²) >= 11 is 0. The quantitative estimate of drug-likeness (QED) is 0.776. The van der Waals surface area contributed by atoms with Crippen molar-refractivity contribution in [3.8, 4) is 6.07 Å². The summed E-state index contributed by atoms with van der Waals surface area (Å²) in [5.74, 6) is 0. The highest BCUT2D eigenvalue weighted by molar-refractivity contribution is 6.74. The molecular formula is C17H22N2OSi. The van der Waals surface area contributed by atoms with Crippen LogP contribution in [0.4, 0.5) is 0 Å². The summed E-state index contributed by atoms with van der Waals surface area (Å²) in [4.78, 5) is 4.46. The van der Waals surface area contributed by atoms with Gasteiger partial charge in [0.25, 0.3) is 0 Å². The molecule has 4 heteroatoms. The number of fused-ring (bicyclic) bond motifs is 1. The monoisotopic (exact) mass is 298 g/mol. The van der Waals surface area contributed by atoms with Crippen LogP contribution in [0.15, 0.2) is 30.5 Å². The number of nitriles is 1. The lowest BCUT2D eigenvalue weighted by molar-refractivity contribution is 0.273. The summed E-state index contributed by atoms with van der Waals surface area (Å²) < 4.78 is 6.26. The zero-order chi connectivity index (χ0) is 15.7. The first-order valence-electron chi connectivity index (χ1n) is 7.17. The normalized spacial score (nSPS) is 12.4. The molecule has 0 aliphatic rings. The molecule has 110 valence electrons. The number of pyridine rings is 1. The van der Waals surface area contributed by atoms with Gasteiger partial charge in [-0.05, 0) is 30.3 Å². The molecule has 0 saturated heterocycles. The number of rotatable bonds is 3. The topological polar surface area (TPSA) is 45.9 Å². The zero-order valence-electron chi connectivity index (χ0n) is 13.4. The van der Waals surface area contributed by atoms with Gasteiger partial charge < -0.3 is 4.43 Å². The molecule has 21 heavy (non-hydrogen) atoms. The Kier molecular flexibility index (Phi) is 4.17. The first-order chi connectivity index (χ1) is 9.76. The average Bonchev–Trinajstić information content (AvgIpc) is 2.43. The van der Waals surface area contributed by atoms with Crippen LogP contribution in [0.2, 0.25) is 18.1 Å². The fourth-order valence-electron chi connectivity index (χ4n) is 1.95. The van der Waals surface area contributed by atoms with E-state index in [2.05, 4.69) is 44.9 Å². The Morgan fingerprint density at radius 1 is 1.19 bits per heavy atom. The van der Waals surface area contributed by atoms with Crippen molar-refractivity contribution in [3.05, 3.63) is 41.7 Å². The lowest BCUT2D eigenvalue weighted by Gasteiger charge is -2.36. The maximum absolute atomic E-state index is 9.20. The van der Waals surface area contributed by atoms with Crippen LogP contribution in [0.25, 0.3) is 10.8 Å². The Morgan fingerprint density at radius 3 is 2.52 bits per heavy atom. The molecule has 0 aliphatic heterocycles. The molecule has 0 atom stereocenters. The van der Waals surface area contributed by atoms with Gasteiger partial charge in [0.1, 0.15) is 0 Å². The number of benzene rings is 1.